The molecule has 1 amide bonds. The van der Waals surface area contributed by atoms with Gasteiger partial charge in [0.05, 0.1) is 6.04 Å². The Morgan fingerprint density at radius 2 is 2.22 bits per heavy atom. The molecule has 1 aliphatic heterocycles. The fraction of sp³-hybridized carbons (Fsp3) is 0.667. The zero-order chi connectivity index (χ0) is 17.0. The number of amides is 1. The molecule has 2 heterocycles. The maximum atomic E-state index is 12.2. The van der Waals surface area contributed by atoms with E-state index >= 15 is 0 Å². The summed E-state index contributed by atoms with van der Waals surface area (Å²) in [5.74, 6) is 0.422. The molecule has 1 aromatic heterocycles. The molecule has 0 radical (unpaired) electrons. The lowest BCUT2D eigenvalue weighted by molar-refractivity contribution is 0.0185. The molecule has 1 aromatic rings. The van der Waals surface area contributed by atoms with Crippen LogP contribution < -0.4 is 4.74 Å². The van der Waals surface area contributed by atoms with Gasteiger partial charge in [-0.15, -0.1) is 0 Å². The lowest BCUT2D eigenvalue weighted by atomic mass is 10.2. The van der Waals surface area contributed by atoms with Crippen LogP contribution in [0.5, 0.6) is 5.88 Å². The molecule has 0 saturated carbocycles. The zero-order valence-corrected chi connectivity index (χ0v) is 15.4. The van der Waals surface area contributed by atoms with Gasteiger partial charge in [0.2, 0.25) is 5.88 Å². The number of likely N-dealkylation sites (tertiary alicyclic amines) is 1. The Labute approximate surface area is 145 Å². The van der Waals surface area contributed by atoms with Crippen LogP contribution in [0.25, 0.3) is 0 Å². The van der Waals surface area contributed by atoms with Gasteiger partial charge in [-0.25, -0.2) is 9.78 Å². The van der Waals surface area contributed by atoms with Crippen LogP contribution >= 0.6 is 23.4 Å². The van der Waals surface area contributed by atoms with Gasteiger partial charge in [-0.2, -0.15) is 4.98 Å². The number of thioether (sulfide) groups is 1. The highest BCUT2D eigenvalue weighted by atomic mass is 35.5. The van der Waals surface area contributed by atoms with Crippen molar-refractivity contribution in [1.82, 2.24) is 14.9 Å². The summed E-state index contributed by atoms with van der Waals surface area (Å²) in [7, 11) is 0. The Morgan fingerprint density at radius 3 is 2.87 bits per heavy atom. The molecular weight excluding hydrogens is 338 g/mol. The summed E-state index contributed by atoms with van der Waals surface area (Å²) in [5.41, 5.74) is -0.501. The molecule has 0 spiro atoms. The summed E-state index contributed by atoms with van der Waals surface area (Å²) < 4.78 is 11.2. The number of rotatable bonds is 4. The minimum absolute atomic E-state index is 0.0173. The molecule has 1 fully saturated rings. The maximum absolute atomic E-state index is 12.2. The van der Waals surface area contributed by atoms with E-state index in [9.17, 15) is 4.79 Å². The van der Waals surface area contributed by atoms with Crippen LogP contribution in [-0.4, -0.2) is 52.0 Å². The second kappa shape index (κ2) is 7.57. The zero-order valence-electron chi connectivity index (χ0n) is 13.8. The monoisotopic (exact) mass is 359 g/mol. The van der Waals surface area contributed by atoms with Crippen molar-refractivity contribution in [3.63, 3.8) is 0 Å². The van der Waals surface area contributed by atoms with Crippen LogP contribution in [0.1, 0.15) is 33.6 Å². The standard InChI is InChI=1S/C15H22ClN3O3S/c1-15(2,3)22-14(20)19-7-5-6-10(19)9-21-12-8-11(16)17-13(18-12)23-4/h8,10H,5-7,9H2,1-4H3/t10-/m0/s1. The van der Waals surface area contributed by atoms with Gasteiger partial charge >= 0.3 is 6.09 Å². The highest BCUT2D eigenvalue weighted by molar-refractivity contribution is 7.98. The van der Waals surface area contributed by atoms with Crippen LogP contribution in [0.2, 0.25) is 5.15 Å². The van der Waals surface area contributed by atoms with E-state index in [-0.39, 0.29) is 12.1 Å². The van der Waals surface area contributed by atoms with Gasteiger partial charge < -0.3 is 14.4 Å². The van der Waals surface area contributed by atoms with Gasteiger partial charge in [0.15, 0.2) is 5.16 Å². The SMILES string of the molecule is CSc1nc(Cl)cc(OC[C@@H]2CCCN2C(=O)OC(C)(C)C)n1. The van der Waals surface area contributed by atoms with E-state index in [4.69, 9.17) is 21.1 Å². The minimum Gasteiger partial charge on any atom is -0.475 e. The molecule has 1 aliphatic rings. The molecule has 0 aliphatic carbocycles. The maximum Gasteiger partial charge on any atom is 0.410 e. The number of carbonyl (C=O) groups is 1. The molecule has 23 heavy (non-hydrogen) atoms. The van der Waals surface area contributed by atoms with Crippen LogP contribution in [0.3, 0.4) is 0 Å². The van der Waals surface area contributed by atoms with E-state index in [2.05, 4.69) is 9.97 Å². The summed E-state index contributed by atoms with van der Waals surface area (Å²) >= 11 is 7.34. The van der Waals surface area contributed by atoms with Crippen molar-refractivity contribution < 1.29 is 14.3 Å². The molecular formula is C15H22ClN3O3S. The second-order valence-electron chi connectivity index (χ2n) is 6.30. The lowest BCUT2D eigenvalue weighted by Gasteiger charge is -2.28. The molecule has 8 heteroatoms. The summed E-state index contributed by atoms with van der Waals surface area (Å²) in [6.07, 6.45) is 3.40. The van der Waals surface area contributed by atoms with Gasteiger partial charge in [0, 0.05) is 12.6 Å². The van der Waals surface area contributed by atoms with Gasteiger partial charge in [-0.1, -0.05) is 23.4 Å². The van der Waals surface area contributed by atoms with E-state index in [1.807, 2.05) is 27.0 Å². The number of aromatic nitrogens is 2. The van der Waals surface area contributed by atoms with Crippen LogP contribution in [0, 0.1) is 0 Å². The highest BCUT2D eigenvalue weighted by Crippen LogP contribution is 2.23. The molecule has 0 aromatic carbocycles. The van der Waals surface area contributed by atoms with Gasteiger partial charge in [0.25, 0.3) is 0 Å². The van der Waals surface area contributed by atoms with Crippen molar-refractivity contribution in [2.75, 3.05) is 19.4 Å². The quantitative estimate of drug-likeness (QED) is 0.464. The second-order valence-corrected chi connectivity index (χ2v) is 7.46. The van der Waals surface area contributed by atoms with Crippen molar-refractivity contribution in [1.29, 1.82) is 0 Å². The molecule has 1 saturated heterocycles. The number of ether oxygens (including phenoxy) is 2. The highest BCUT2D eigenvalue weighted by Gasteiger charge is 2.32. The fourth-order valence-corrected chi connectivity index (χ4v) is 2.89. The third-order valence-corrected chi connectivity index (χ3v) is 4.00. The summed E-state index contributed by atoms with van der Waals surface area (Å²) in [6.45, 7) is 6.63. The number of hydrogen-bond acceptors (Lipinski definition) is 6. The van der Waals surface area contributed by atoms with Gasteiger partial charge in [0.1, 0.15) is 17.4 Å². The number of nitrogens with zero attached hydrogens (tertiary/aromatic N) is 3. The van der Waals surface area contributed by atoms with E-state index in [1.165, 1.54) is 11.8 Å². The van der Waals surface area contributed by atoms with E-state index in [0.717, 1.165) is 12.8 Å². The Kier molecular flexibility index (Phi) is 5.97. The van der Waals surface area contributed by atoms with Crippen LogP contribution in [-0.2, 0) is 4.74 Å². The summed E-state index contributed by atoms with van der Waals surface area (Å²) in [6, 6.07) is 1.56. The summed E-state index contributed by atoms with van der Waals surface area (Å²) in [5, 5.41) is 0.901. The molecule has 6 nitrogen and oxygen atoms in total. The number of hydrogen-bond donors (Lipinski definition) is 0. The smallest absolute Gasteiger partial charge is 0.410 e. The fourth-order valence-electron chi connectivity index (χ4n) is 2.29. The molecule has 0 unspecified atom stereocenters. The first-order valence-electron chi connectivity index (χ1n) is 7.49. The van der Waals surface area contributed by atoms with Crippen molar-refractivity contribution >= 4 is 29.5 Å². The predicted octanol–water partition coefficient (Wildman–Crippen LogP) is 3.63. The van der Waals surface area contributed by atoms with Crippen molar-refractivity contribution in [2.24, 2.45) is 0 Å². The minimum atomic E-state index is -0.501. The Morgan fingerprint density at radius 1 is 1.48 bits per heavy atom. The topological polar surface area (TPSA) is 64.5 Å². The molecule has 0 N–H and O–H groups in total. The van der Waals surface area contributed by atoms with E-state index in [0.29, 0.717) is 29.3 Å². The third-order valence-electron chi connectivity index (χ3n) is 3.26. The largest absolute Gasteiger partial charge is 0.475 e. The van der Waals surface area contributed by atoms with Crippen molar-refractivity contribution in [3.05, 3.63) is 11.2 Å². The summed E-state index contributed by atoms with van der Waals surface area (Å²) in [4.78, 5) is 22.3. The van der Waals surface area contributed by atoms with Crippen molar-refractivity contribution in [3.8, 4) is 5.88 Å². The number of halogens is 1. The number of carbonyl (C=O) groups excluding carboxylic acids is 1. The Hall–Kier alpha value is -1.21. The first-order valence-corrected chi connectivity index (χ1v) is 9.10. The van der Waals surface area contributed by atoms with Crippen LogP contribution in [0.4, 0.5) is 4.79 Å². The molecule has 1 atom stereocenters. The Bertz CT molecular complexity index is 565. The third kappa shape index (κ3) is 5.42. The molecule has 2 rings (SSSR count). The van der Waals surface area contributed by atoms with Gasteiger partial charge in [-0.05, 0) is 39.9 Å². The molecule has 128 valence electrons. The first-order chi connectivity index (χ1) is 10.8. The van der Waals surface area contributed by atoms with Gasteiger partial charge in [-0.3, -0.25) is 0 Å². The molecule has 0 bridgehead atoms. The normalized spacial score (nSPS) is 18.1. The average molecular weight is 360 g/mol. The average Bonchev–Trinajstić information content (AvgIpc) is 2.91. The van der Waals surface area contributed by atoms with E-state index < -0.39 is 5.60 Å². The lowest BCUT2D eigenvalue weighted by Crippen LogP contribution is -2.42. The Balaban J connectivity index is 1.96. The predicted molar refractivity (Wildman–Crippen MR) is 90.3 cm³/mol. The van der Waals surface area contributed by atoms with Crippen molar-refractivity contribution in [2.45, 2.75) is 50.4 Å². The van der Waals surface area contributed by atoms with Crippen LogP contribution in [0.15, 0.2) is 11.2 Å². The van der Waals surface area contributed by atoms with E-state index in [1.54, 1.807) is 11.0 Å². The first kappa shape index (κ1) is 18.1.